The maximum Gasteiger partial charge on any atom is 0.277 e. The van der Waals surface area contributed by atoms with Gasteiger partial charge in [0.2, 0.25) is 24.5 Å². The third-order valence-electron chi connectivity index (χ3n) is 4.15. The lowest BCUT2D eigenvalue weighted by Crippen LogP contribution is -2.22. The van der Waals surface area contributed by atoms with Crippen molar-refractivity contribution >= 4 is 35.0 Å². The second-order valence-electron chi connectivity index (χ2n) is 6.45. The molecule has 0 radical (unpaired) electrons. The summed E-state index contributed by atoms with van der Waals surface area (Å²) < 4.78 is 16.3. The lowest BCUT2D eigenvalue weighted by molar-refractivity contribution is -0.115. The van der Waals surface area contributed by atoms with Gasteiger partial charge in [-0.3, -0.25) is 9.59 Å². The Balaban J connectivity index is 1.36. The Hall–Kier alpha value is -3.53. The SMILES string of the molecule is CC(=O)Nc1ccc(NC(=O)C(C)Sc2nnc(-c3ccc4c(c3)OCO4)o2)cc1. The van der Waals surface area contributed by atoms with Crippen molar-refractivity contribution in [3.8, 4) is 23.0 Å². The molecule has 2 N–H and O–H groups in total. The van der Waals surface area contributed by atoms with Gasteiger partial charge in [0.1, 0.15) is 0 Å². The molecule has 0 fully saturated rings. The van der Waals surface area contributed by atoms with Crippen molar-refractivity contribution in [2.75, 3.05) is 17.4 Å². The van der Waals surface area contributed by atoms with Gasteiger partial charge in [-0.05, 0) is 49.4 Å². The molecule has 9 nitrogen and oxygen atoms in total. The quantitative estimate of drug-likeness (QED) is 0.575. The van der Waals surface area contributed by atoms with Crippen LogP contribution in [0.5, 0.6) is 11.5 Å². The number of nitrogens with one attached hydrogen (secondary N) is 2. The Kier molecular flexibility index (Phi) is 5.57. The molecular weight excluding hydrogens is 408 g/mol. The summed E-state index contributed by atoms with van der Waals surface area (Å²) in [6, 6.07) is 12.2. The van der Waals surface area contributed by atoms with E-state index in [2.05, 4.69) is 20.8 Å². The summed E-state index contributed by atoms with van der Waals surface area (Å²) >= 11 is 1.16. The van der Waals surface area contributed by atoms with Gasteiger partial charge in [-0.25, -0.2) is 0 Å². The van der Waals surface area contributed by atoms with E-state index in [1.807, 2.05) is 0 Å². The molecule has 1 unspecified atom stereocenters. The molecule has 154 valence electrons. The zero-order chi connectivity index (χ0) is 21.1. The molecule has 3 aromatic rings. The number of carbonyl (C=O) groups excluding carboxylic acids is 2. The Bertz CT molecular complexity index is 1080. The van der Waals surface area contributed by atoms with E-state index in [1.54, 1.807) is 49.4 Å². The molecule has 2 heterocycles. The summed E-state index contributed by atoms with van der Waals surface area (Å²) in [7, 11) is 0. The van der Waals surface area contributed by atoms with Gasteiger partial charge >= 0.3 is 0 Å². The van der Waals surface area contributed by atoms with Crippen LogP contribution in [0.15, 0.2) is 52.1 Å². The normalized spacial score (nSPS) is 13.0. The Morgan fingerprint density at radius 3 is 2.43 bits per heavy atom. The Morgan fingerprint density at radius 1 is 1.00 bits per heavy atom. The fourth-order valence-corrected chi connectivity index (χ4v) is 3.38. The molecule has 1 atom stereocenters. The van der Waals surface area contributed by atoms with Gasteiger partial charge in [-0.15, -0.1) is 10.2 Å². The number of carbonyl (C=O) groups is 2. The fourth-order valence-electron chi connectivity index (χ4n) is 2.69. The number of nitrogens with zero attached hydrogens (tertiary/aromatic N) is 2. The zero-order valence-corrected chi connectivity index (χ0v) is 17.0. The van der Waals surface area contributed by atoms with Crippen molar-refractivity contribution in [2.45, 2.75) is 24.3 Å². The zero-order valence-electron chi connectivity index (χ0n) is 16.2. The molecule has 30 heavy (non-hydrogen) atoms. The summed E-state index contributed by atoms with van der Waals surface area (Å²) in [4.78, 5) is 23.5. The van der Waals surface area contributed by atoms with Crippen molar-refractivity contribution in [1.29, 1.82) is 0 Å². The molecule has 2 aromatic carbocycles. The molecule has 1 aliphatic rings. The van der Waals surface area contributed by atoms with Crippen LogP contribution in [0.4, 0.5) is 11.4 Å². The van der Waals surface area contributed by atoms with Gasteiger partial charge in [0.25, 0.3) is 5.22 Å². The van der Waals surface area contributed by atoms with Crippen molar-refractivity contribution in [3.05, 3.63) is 42.5 Å². The summed E-state index contributed by atoms with van der Waals surface area (Å²) in [5.41, 5.74) is 1.98. The van der Waals surface area contributed by atoms with E-state index in [4.69, 9.17) is 13.9 Å². The highest BCUT2D eigenvalue weighted by molar-refractivity contribution is 8.00. The monoisotopic (exact) mass is 426 g/mol. The highest BCUT2D eigenvalue weighted by atomic mass is 32.2. The second-order valence-corrected chi connectivity index (χ2v) is 7.74. The second kappa shape index (κ2) is 8.46. The van der Waals surface area contributed by atoms with Crippen LogP contribution >= 0.6 is 11.8 Å². The largest absolute Gasteiger partial charge is 0.454 e. The lowest BCUT2D eigenvalue weighted by atomic mass is 10.2. The van der Waals surface area contributed by atoms with E-state index in [9.17, 15) is 9.59 Å². The van der Waals surface area contributed by atoms with Gasteiger partial charge in [0, 0.05) is 23.9 Å². The van der Waals surface area contributed by atoms with Crippen LogP contribution in [-0.4, -0.2) is 34.1 Å². The van der Waals surface area contributed by atoms with E-state index < -0.39 is 5.25 Å². The number of hydrogen-bond acceptors (Lipinski definition) is 8. The van der Waals surface area contributed by atoms with E-state index in [-0.39, 0.29) is 23.8 Å². The Labute approximate surface area is 176 Å². The molecule has 10 heteroatoms. The van der Waals surface area contributed by atoms with Crippen molar-refractivity contribution in [1.82, 2.24) is 10.2 Å². The smallest absolute Gasteiger partial charge is 0.277 e. The molecule has 0 aliphatic carbocycles. The highest BCUT2D eigenvalue weighted by Crippen LogP contribution is 2.36. The Morgan fingerprint density at radius 2 is 1.70 bits per heavy atom. The molecular formula is C20H18N4O5S. The van der Waals surface area contributed by atoms with Gasteiger partial charge in [0.05, 0.1) is 5.25 Å². The van der Waals surface area contributed by atoms with Crippen LogP contribution in [-0.2, 0) is 9.59 Å². The van der Waals surface area contributed by atoms with Gasteiger partial charge in [-0.1, -0.05) is 11.8 Å². The first kappa shape index (κ1) is 19.8. The first-order valence-electron chi connectivity index (χ1n) is 9.06. The molecule has 0 saturated carbocycles. The van der Waals surface area contributed by atoms with Gasteiger partial charge in [0.15, 0.2) is 11.5 Å². The third kappa shape index (κ3) is 4.54. The summed E-state index contributed by atoms with van der Waals surface area (Å²) in [6.45, 7) is 3.37. The maximum absolute atomic E-state index is 12.5. The summed E-state index contributed by atoms with van der Waals surface area (Å²) in [5, 5.41) is 13.4. The average Bonchev–Trinajstić information content (AvgIpc) is 3.37. The average molecular weight is 426 g/mol. The topological polar surface area (TPSA) is 116 Å². The highest BCUT2D eigenvalue weighted by Gasteiger charge is 2.20. The summed E-state index contributed by atoms with van der Waals surface area (Å²) in [5.74, 6) is 1.25. The first-order valence-corrected chi connectivity index (χ1v) is 9.94. The fraction of sp³-hybridized carbons (Fsp3) is 0.200. The van der Waals surface area contributed by atoms with E-state index in [0.717, 1.165) is 11.8 Å². The standard InChI is InChI=1S/C20H18N4O5S/c1-11(18(26)22-15-6-4-14(5-7-15)21-12(2)25)30-20-24-23-19(29-20)13-3-8-16-17(9-13)28-10-27-16/h3-9,11H,10H2,1-2H3,(H,21,25)(H,22,26). The van der Waals surface area contributed by atoms with Crippen molar-refractivity contribution < 1.29 is 23.5 Å². The number of ether oxygens (including phenoxy) is 2. The maximum atomic E-state index is 12.5. The molecule has 4 rings (SSSR count). The van der Waals surface area contributed by atoms with Crippen LogP contribution in [0.1, 0.15) is 13.8 Å². The van der Waals surface area contributed by atoms with Crippen LogP contribution in [0.25, 0.3) is 11.5 Å². The number of aromatic nitrogens is 2. The van der Waals surface area contributed by atoms with E-state index in [0.29, 0.717) is 34.3 Å². The van der Waals surface area contributed by atoms with Crippen molar-refractivity contribution in [3.63, 3.8) is 0 Å². The minimum absolute atomic E-state index is 0.156. The number of fused-ring (bicyclic) bond motifs is 1. The molecule has 2 amide bonds. The predicted octanol–water partition coefficient (Wildman–Crippen LogP) is 3.54. The van der Waals surface area contributed by atoms with Gasteiger partial charge < -0.3 is 24.5 Å². The van der Waals surface area contributed by atoms with E-state index >= 15 is 0 Å². The van der Waals surface area contributed by atoms with Crippen LogP contribution in [0.3, 0.4) is 0 Å². The molecule has 1 aliphatic heterocycles. The number of benzene rings is 2. The lowest BCUT2D eigenvalue weighted by Gasteiger charge is -2.10. The first-order chi connectivity index (χ1) is 14.5. The number of anilines is 2. The molecule has 0 spiro atoms. The van der Waals surface area contributed by atoms with Crippen molar-refractivity contribution in [2.24, 2.45) is 0 Å². The number of thioether (sulfide) groups is 1. The number of amides is 2. The van der Waals surface area contributed by atoms with Crippen LogP contribution < -0.4 is 20.1 Å². The van der Waals surface area contributed by atoms with E-state index in [1.165, 1.54) is 6.92 Å². The molecule has 1 aromatic heterocycles. The molecule has 0 saturated heterocycles. The minimum atomic E-state index is -0.468. The number of rotatable bonds is 6. The summed E-state index contributed by atoms with van der Waals surface area (Å²) in [6.07, 6.45) is 0. The minimum Gasteiger partial charge on any atom is -0.454 e. The predicted molar refractivity (Wildman–Crippen MR) is 111 cm³/mol. The van der Waals surface area contributed by atoms with Crippen LogP contribution in [0.2, 0.25) is 0 Å². The molecule has 0 bridgehead atoms. The third-order valence-corrected chi connectivity index (χ3v) is 5.08. The number of hydrogen-bond donors (Lipinski definition) is 2. The van der Waals surface area contributed by atoms with Crippen LogP contribution in [0, 0.1) is 0 Å². The van der Waals surface area contributed by atoms with Gasteiger partial charge in [-0.2, -0.15) is 0 Å².